The number of rotatable bonds is 5. The van der Waals surface area contributed by atoms with E-state index >= 15 is 0 Å². The van der Waals surface area contributed by atoms with E-state index < -0.39 is 0 Å². The van der Waals surface area contributed by atoms with E-state index in [0.29, 0.717) is 24.8 Å². The van der Waals surface area contributed by atoms with Gasteiger partial charge in [-0.1, -0.05) is 0 Å². The van der Waals surface area contributed by atoms with Gasteiger partial charge in [-0.25, -0.2) is 0 Å². The molecule has 0 radical (unpaired) electrons. The van der Waals surface area contributed by atoms with Gasteiger partial charge in [0, 0.05) is 44.8 Å². The Morgan fingerprint density at radius 2 is 1.47 bits per heavy atom. The molecule has 164 valence electrons. The molecular formula is C24H35N3O3. The highest BCUT2D eigenvalue weighted by molar-refractivity contribution is 5.94. The van der Waals surface area contributed by atoms with E-state index in [1.165, 1.54) is 19.3 Å². The minimum absolute atomic E-state index is 0.0667. The third kappa shape index (κ3) is 4.97. The number of carbonyl (C=O) groups excluding carboxylic acids is 2. The number of piperazine rings is 1. The molecule has 6 nitrogen and oxygen atoms in total. The zero-order valence-electron chi connectivity index (χ0n) is 18.2. The molecule has 2 aliphatic heterocycles. The lowest BCUT2D eigenvalue weighted by molar-refractivity contribution is -0.137. The van der Waals surface area contributed by atoms with Crippen LogP contribution in [0.1, 0.15) is 62.2 Å². The van der Waals surface area contributed by atoms with E-state index in [1.54, 1.807) is 0 Å². The SMILES string of the molecule is CC(C(=O)N1CCCCC1)N1CCN(C(=O)c2ccc(OC3CCCC3)cc2)CC1. The van der Waals surface area contributed by atoms with E-state index in [-0.39, 0.29) is 17.9 Å². The van der Waals surface area contributed by atoms with E-state index in [9.17, 15) is 9.59 Å². The van der Waals surface area contributed by atoms with Crippen molar-refractivity contribution < 1.29 is 14.3 Å². The van der Waals surface area contributed by atoms with Gasteiger partial charge in [0.2, 0.25) is 5.91 Å². The summed E-state index contributed by atoms with van der Waals surface area (Å²) in [7, 11) is 0. The summed E-state index contributed by atoms with van der Waals surface area (Å²) in [6, 6.07) is 7.48. The fraction of sp³-hybridized carbons (Fsp3) is 0.667. The average Bonchev–Trinajstić information content (AvgIpc) is 3.32. The van der Waals surface area contributed by atoms with Crippen molar-refractivity contribution >= 4 is 11.8 Å². The van der Waals surface area contributed by atoms with Gasteiger partial charge in [0.15, 0.2) is 0 Å². The van der Waals surface area contributed by atoms with Crippen LogP contribution in [-0.4, -0.2) is 77.9 Å². The van der Waals surface area contributed by atoms with Gasteiger partial charge in [-0.15, -0.1) is 0 Å². The van der Waals surface area contributed by atoms with Crippen molar-refractivity contribution in [2.75, 3.05) is 39.3 Å². The summed E-state index contributed by atoms with van der Waals surface area (Å²) in [5.74, 6) is 1.16. The monoisotopic (exact) mass is 413 g/mol. The summed E-state index contributed by atoms with van der Waals surface area (Å²) < 4.78 is 6.00. The van der Waals surface area contributed by atoms with Crippen LogP contribution < -0.4 is 4.74 Å². The molecule has 2 saturated heterocycles. The lowest BCUT2D eigenvalue weighted by atomic mass is 10.1. The average molecular weight is 414 g/mol. The third-order valence-corrected chi connectivity index (χ3v) is 6.88. The van der Waals surface area contributed by atoms with Crippen molar-refractivity contribution in [1.29, 1.82) is 0 Å². The minimum atomic E-state index is -0.104. The smallest absolute Gasteiger partial charge is 0.253 e. The second-order valence-corrected chi connectivity index (χ2v) is 8.94. The van der Waals surface area contributed by atoms with Crippen LogP contribution in [0.5, 0.6) is 5.75 Å². The van der Waals surface area contributed by atoms with Gasteiger partial charge < -0.3 is 14.5 Å². The van der Waals surface area contributed by atoms with Crippen molar-refractivity contribution in [2.24, 2.45) is 0 Å². The van der Waals surface area contributed by atoms with E-state index in [2.05, 4.69) is 4.90 Å². The van der Waals surface area contributed by atoms with Crippen molar-refractivity contribution in [2.45, 2.75) is 64.0 Å². The molecule has 30 heavy (non-hydrogen) atoms. The topological polar surface area (TPSA) is 53.1 Å². The lowest BCUT2D eigenvalue weighted by Gasteiger charge is -2.39. The highest BCUT2D eigenvalue weighted by Crippen LogP contribution is 2.24. The Balaban J connectivity index is 1.27. The molecule has 3 fully saturated rings. The number of ether oxygens (including phenoxy) is 1. The number of nitrogens with zero attached hydrogens (tertiary/aromatic N) is 3. The summed E-state index contributed by atoms with van der Waals surface area (Å²) in [6.07, 6.45) is 8.54. The quantitative estimate of drug-likeness (QED) is 0.744. The van der Waals surface area contributed by atoms with Crippen molar-refractivity contribution in [1.82, 2.24) is 14.7 Å². The molecule has 6 heteroatoms. The fourth-order valence-electron chi connectivity index (χ4n) is 4.90. The molecule has 2 amide bonds. The Labute approximate surface area is 180 Å². The first kappa shape index (κ1) is 21.2. The summed E-state index contributed by atoms with van der Waals surface area (Å²) in [5.41, 5.74) is 0.708. The predicted octanol–water partition coefficient (Wildman–Crippen LogP) is 3.17. The first-order chi connectivity index (χ1) is 14.6. The van der Waals surface area contributed by atoms with Crippen molar-refractivity contribution in [3.05, 3.63) is 29.8 Å². The van der Waals surface area contributed by atoms with Gasteiger partial charge in [0.05, 0.1) is 12.1 Å². The van der Waals surface area contributed by atoms with Crippen LogP contribution in [0.25, 0.3) is 0 Å². The number of hydrogen-bond acceptors (Lipinski definition) is 4. The van der Waals surface area contributed by atoms with Crippen LogP contribution in [0, 0.1) is 0 Å². The van der Waals surface area contributed by atoms with E-state index in [4.69, 9.17) is 4.74 Å². The molecule has 4 rings (SSSR count). The number of likely N-dealkylation sites (tertiary alicyclic amines) is 1. The zero-order chi connectivity index (χ0) is 20.9. The standard InChI is InChI=1S/C24H35N3O3/c1-19(23(28)26-13-5-2-6-14-26)25-15-17-27(18-16-25)24(29)20-9-11-22(12-10-20)30-21-7-3-4-8-21/h9-12,19,21H,2-8,13-18H2,1H3. The van der Waals surface area contributed by atoms with Crippen molar-refractivity contribution in [3.63, 3.8) is 0 Å². The summed E-state index contributed by atoms with van der Waals surface area (Å²) in [4.78, 5) is 31.8. The predicted molar refractivity (Wildman–Crippen MR) is 117 cm³/mol. The van der Waals surface area contributed by atoms with Crippen LogP contribution >= 0.6 is 0 Å². The summed E-state index contributed by atoms with van der Waals surface area (Å²) in [6.45, 7) is 6.61. The largest absolute Gasteiger partial charge is 0.490 e. The maximum absolute atomic E-state index is 12.9. The van der Waals surface area contributed by atoms with Crippen LogP contribution in [0.2, 0.25) is 0 Å². The molecular weight excluding hydrogens is 378 g/mol. The number of benzene rings is 1. The van der Waals surface area contributed by atoms with E-state index in [0.717, 1.165) is 57.6 Å². The molecule has 3 aliphatic rings. The Hall–Kier alpha value is -2.08. The molecule has 1 unspecified atom stereocenters. The number of piperidine rings is 1. The number of carbonyl (C=O) groups is 2. The van der Waals surface area contributed by atoms with Crippen LogP contribution in [0.15, 0.2) is 24.3 Å². The molecule has 2 heterocycles. The molecule has 1 saturated carbocycles. The molecule has 0 spiro atoms. The normalized spacial score (nSPS) is 22.2. The van der Waals surface area contributed by atoms with Crippen LogP contribution in [-0.2, 0) is 4.79 Å². The second-order valence-electron chi connectivity index (χ2n) is 8.94. The lowest BCUT2D eigenvalue weighted by Crippen LogP contribution is -2.56. The number of amides is 2. The number of hydrogen-bond donors (Lipinski definition) is 0. The molecule has 1 aromatic rings. The minimum Gasteiger partial charge on any atom is -0.490 e. The van der Waals surface area contributed by atoms with Crippen LogP contribution in [0.4, 0.5) is 0 Å². The highest BCUT2D eigenvalue weighted by atomic mass is 16.5. The maximum atomic E-state index is 12.9. The van der Waals surface area contributed by atoms with E-state index in [1.807, 2.05) is 41.0 Å². The van der Waals surface area contributed by atoms with Gasteiger partial charge in [-0.05, 0) is 76.1 Å². The fourth-order valence-corrected chi connectivity index (χ4v) is 4.90. The highest BCUT2D eigenvalue weighted by Gasteiger charge is 2.30. The third-order valence-electron chi connectivity index (χ3n) is 6.88. The molecule has 1 aromatic carbocycles. The molecule has 1 atom stereocenters. The van der Waals surface area contributed by atoms with Gasteiger partial charge >= 0.3 is 0 Å². The second kappa shape index (κ2) is 9.82. The van der Waals surface area contributed by atoms with Crippen molar-refractivity contribution in [3.8, 4) is 5.75 Å². The maximum Gasteiger partial charge on any atom is 0.253 e. The summed E-state index contributed by atoms with van der Waals surface area (Å²) >= 11 is 0. The summed E-state index contributed by atoms with van der Waals surface area (Å²) in [5, 5.41) is 0. The van der Waals surface area contributed by atoms with Crippen LogP contribution in [0.3, 0.4) is 0 Å². The molecule has 0 N–H and O–H groups in total. The Morgan fingerprint density at radius 1 is 0.833 bits per heavy atom. The van der Waals surface area contributed by atoms with Gasteiger partial charge in [-0.2, -0.15) is 0 Å². The Bertz CT molecular complexity index is 716. The van der Waals surface area contributed by atoms with Gasteiger partial charge in [-0.3, -0.25) is 14.5 Å². The van der Waals surface area contributed by atoms with Gasteiger partial charge in [0.25, 0.3) is 5.91 Å². The molecule has 1 aliphatic carbocycles. The first-order valence-electron chi connectivity index (χ1n) is 11.7. The zero-order valence-corrected chi connectivity index (χ0v) is 18.2. The van der Waals surface area contributed by atoms with Gasteiger partial charge in [0.1, 0.15) is 5.75 Å². The Kier molecular flexibility index (Phi) is 6.93. The molecule has 0 aromatic heterocycles. The first-order valence-corrected chi connectivity index (χ1v) is 11.7. The Morgan fingerprint density at radius 3 is 2.10 bits per heavy atom. The molecule has 0 bridgehead atoms.